The molecule has 0 atom stereocenters. The van der Waals surface area contributed by atoms with Crippen LogP contribution in [-0.2, 0) is 6.54 Å². The van der Waals surface area contributed by atoms with E-state index >= 15 is 0 Å². The molecule has 0 saturated heterocycles. The van der Waals surface area contributed by atoms with E-state index in [1.165, 1.54) is 24.0 Å². The predicted molar refractivity (Wildman–Crippen MR) is 75.6 cm³/mol. The maximum atomic E-state index is 9.34. The molecule has 0 bridgehead atoms. The lowest BCUT2D eigenvalue weighted by atomic mass is 10.0. The van der Waals surface area contributed by atoms with Gasteiger partial charge < -0.3 is 10.0 Å². The van der Waals surface area contributed by atoms with E-state index in [1.807, 2.05) is 0 Å². The SMILES string of the molecule is CC(C)c1ccc(CN(C)CC2(CO)CC2)cc1. The number of aliphatic hydroxyl groups excluding tert-OH is 1. The number of nitrogens with zero attached hydrogens (tertiary/aromatic N) is 1. The van der Waals surface area contributed by atoms with E-state index in [1.54, 1.807) is 0 Å². The van der Waals surface area contributed by atoms with Crippen molar-refractivity contribution in [2.75, 3.05) is 20.2 Å². The molecule has 0 aromatic heterocycles. The molecule has 0 unspecified atom stereocenters. The zero-order valence-corrected chi connectivity index (χ0v) is 11.8. The summed E-state index contributed by atoms with van der Waals surface area (Å²) in [6, 6.07) is 8.91. The van der Waals surface area contributed by atoms with E-state index in [4.69, 9.17) is 0 Å². The third kappa shape index (κ3) is 3.33. The minimum atomic E-state index is 0.215. The second kappa shape index (κ2) is 5.41. The van der Waals surface area contributed by atoms with Gasteiger partial charge in [-0.25, -0.2) is 0 Å². The van der Waals surface area contributed by atoms with Gasteiger partial charge in [-0.05, 0) is 36.9 Å². The Bertz CT molecular complexity index is 379. The summed E-state index contributed by atoms with van der Waals surface area (Å²) in [6.45, 7) is 6.76. The largest absolute Gasteiger partial charge is 0.396 e. The molecule has 0 amide bonds. The molecule has 0 spiro atoms. The maximum absolute atomic E-state index is 9.34. The maximum Gasteiger partial charge on any atom is 0.0499 e. The number of hydrogen-bond donors (Lipinski definition) is 1. The summed E-state index contributed by atoms with van der Waals surface area (Å²) in [6.07, 6.45) is 2.36. The molecule has 2 nitrogen and oxygen atoms in total. The van der Waals surface area contributed by atoms with Crippen LogP contribution in [0.4, 0.5) is 0 Å². The van der Waals surface area contributed by atoms with Gasteiger partial charge in [-0.3, -0.25) is 0 Å². The summed E-state index contributed by atoms with van der Waals surface area (Å²) in [5, 5.41) is 9.34. The number of hydrogen-bond acceptors (Lipinski definition) is 2. The van der Waals surface area contributed by atoms with Crippen molar-refractivity contribution in [3.05, 3.63) is 35.4 Å². The van der Waals surface area contributed by atoms with Crippen LogP contribution in [0.2, 0.25) is 0 Å². The van der Waals surface area contributed by atoms with E-state index in [2.05, 4.69) is 50.1 Å². The standard InChI is InChI=1S/C16H25NO/c1-13(2)15-6-4-14(5-7-15)10-17(3)11-16(12-18)8-9-16/h4-7,13,18H,8-12H2,1-3H3. The monoisotopic (exact) mass is 247 g/mol. The van der Waals surface area contributed by atoms with Gasteiger partial charge in [-0.1, -0.05) is 38.1 Å². The van der Waals surface area contributed by atoms with Gasteiger partial charge >= 0.3 is 0 Å². The quantitative estimate of drug-likeness (QED) is 0.835. The average Bonchev–Trinajstić information content (AvgIpc) is 3.10. The molecule has 2 rings (SSSR count). The molecular weight excluding hydrogens is 222 g/mol. The fourth-order valence-corrected chi connectivity index (χ4v) is 2.49. The van der Waals surface area contributed by atoms with Gasteiger partial charge in [0.25, 0.3) is 0 Å². The summed E-state index contributed by atoms with van der Waals surface area (Å²) in [5.41, 5.74) is 2.97. The van der Waals surface area contributed by atoms with Crippen molar-refractivity contribution in [3.8, 4) is 0 Å². The fourth-order valence-electron chi connectivity index (χ4n) is 2.49. The first-order chi connectivity index (χ1) is 8.54. The van der Waals surface area contributed by atoms with E-state index in [-0.39, 0.29) is 5.41 Å². The smallest absolute Gasteiger partial charge is 0.0499 e. The molecule has 1 saturated carbocycles. The first-order valence-corrected chi connectivity index (χ1v) is 6.93. The van der Waals surface area contributed by atoms with Gasteiger partial charge in [0.1, 0.15) is 0 Å². The Morgan fingerprint density at radius 1 is 1.22 bits per heavy atom. The van der Waals surface area contributed by atoms with Gasteiger partial charge in [-0.15, -0.1) is 0 Å². The molecule has 100 valence electrons. The Morgan fingerprint density at radius 3 is 2.28 bits per heavy atom. The zero-order chi connectivity index (χ0) is 13.2. The first-order valence-electron chi connectivity index (χ1n) is 6.93. The van der Waals surface area contributed by atoms with Crippen molar-refractivity contribution < 1.29 is 5.11 Å². The van der Waals surface area contributed by atoms with Crippen molar-refractivity contribution in [2.24, 2.45) is 5.41 Å². The van der Waals surface area contributed by atoms with E-state index < -0.39 is 0 Å². The Morgan fingerprint density at radius 2 is 1.83 bits per heavy atom. The average molecular weight is 247 g/mol. The molecule has 18 heavy (non-hydrogen) atoms. The molecule has 1 aliphatic rings. The highest BCUT2D eigenvalue weighted by molar-refractivity contribution is 5.24. The van der Waals surface area contributed by atoms with Gasteiger partial charge in [0.2, 0.25) is 0 Å². The van der Waals surface area contributed by atoms with Crippen molar-refractivity contribution in [3.63, 3.8) is 0 Å². The van der Waals surface area contributed by atoms with Crippen LogP contribution >= 0.6 is 0 Å². The van der Waals surface area contributed by atoms with E-state index in [9.17, 15) is 5.11 Å². The van der Waals surface area contributed by atoms with E-state index in [0.29, 0.717) is 12.5 Å². The van der Waals surface area contributed by atoms with Crippen LogP contribution in [0.5, 0.6) is 0 Å². The molecule has 1 N–H and O–H groups in total. The van der Waals surface area contributed by atoms with Gasteiger partial charge in [0.15, 0.2) is 0 Å². The topological polar surface area (TPSA) is 23.5 Å². The molecule has 1 aliphatic carbocycles. The molecule has 0 heterocycles. The first kappa shape index (κ1) is 13.6. The third-order valence-electron chi connectivity index (χ3n) is 4.00. The number of rotatable bonds is 6. The summed E-state index contributed by atoms with van der Waals surface area (Å²) >= 11 is 0. The van der Waals surface area contributed by atoms with Crippen LogP contribution in [-0.4, -0.2) is 30.2 Å². The van der Waals surface area contributed by atoms with Crippen LogP contribution in [0.25, 0.3) is 0 Å². The highest BCUT2D eigenvalue weighted by atomic mass is 16.3. The minimum absolute atomic E-state index is 0.215. The second-order valence-electron chi connectivity index (χ2n) is 6.23. The van der Waals surface area contributed by atoms with Gasteiger partial charge in [0, 0.05) is 25.1 Å². The Kier molecular flexibility index (Phi) is 4.08. The van der Waals surface area contributed by atoms with Crippen LogP contribution in [0.1, 0.15) is 43.7 Å². The molecular formula is C16H25NO. The molecule has 1 aromatic carbocycles. The zero-order valence-electron chi connectivity index (χ0n) is 11.8. The highest BCUT2D eigenvalue weighted by Crippen LogP contribution is 2.45. The van der Waals surface area contributed by atoms with E-state index in [0.717, 1.165) is 13.1 Å². The van der Waals surface area contributed by atoms with Crippen molar-refractivity contribution in [1.82, 2.24) is 4.90 Å². The van der Waals surface area contributed by atoms with Crippen molar-refractivity contribution >= 4 is 0 Å². The lowest BCUT2D eigenvalue weighted by Crippen LogP contribution is -2.28. The summed E-state index contributed by atoms with van der Waals surface area (Å²) in [5.74, 6) is 0.598. The van der Waals surface area contributed by atoms with Gasteiger partial charge in [0.05, 0.1) is 0 Å². The van der Waals surface area contributed by atoms with Crippen LogP contribution in [0.15, 0.2) is 24.3 Å². The second-order valence-corrected chi connectivity index (χ2v) is 6.23. The normalized spacial score (nSPS) is 17.4. The van der Waals surface area contributed by atoms with Crippen LogP contribution < -0.4 is 0 Å². The summed E-state index contributed by atoms with van der Waals surface area (Å²) < 4.78 is 0. The molecule has 1 aromatic rings. The lowest BCUT2D eigenvalue weighted by Gasteiger charge is -2.22. The van der Waals surface area contributed by atoms with Crippen LogP contribution in [0.3, 0.4) is 0 Å². The molecule has 0 radical (unpaired) electrons. The summed E-state index contributed by atoms with van der Waals surface area (Å²) in [4.78, 5) is 2.33. The van der Waals surface area contributed by atoms with Crippen molar-refractivity contribution in [2.45, 2.75) is 39.2 Å². The lowest BCUT2D eigenvalue weighted by molar-refractivity contribution is 0.161. The molecule has 0 aliphatic heterocycles. The third-order valence-corrected chi connectivity index (χ3v) is 4.00. The highest BCUT2D eigenvalue weighted by Gasteiger charge is 2.42. The summed E-state index contributed by atoms with van der Waals surface area (Å²) in [7, 11) is 2.14. The predicted octanol–water partition coefficient (Wildman–Crippen LogP) is 3.01. The fraction of sp³-hybridized carbons (Fsp3) is 0.625. The Labute approximate surface area is 111 Å². The number of benzene rings is 1. The molecule has 2 heteroatoms. The Hall–Kier alpha value is -0.860. The minimum Gasteiger partial charge on any atom is -0.396 e. The van der Waals surface area contributed by atoms with Crippen molar-refractivity contribution in [1.29, 1.82) is 0 Å². The number of aliphatic hydroxyl groups is 1. The molecule has 1 fully saturated rings. The van der Waals surface area contributed by atoms with Gasteiger partial charge in [-0.2, -0.15) is 0 Å². The van der Waals surface area contributed by atoms with Crippen LogP contribution in [0, 0.1) is 5.41 Å². The Balaban J connectivity index is 1.89.